The van der Waals surface area contributed by atoms with E-state index in [4.69, 9.17) is 11.6 Å². The first kappa shape index (κ1) is 12.2. The molecule has 1 unspecified atom stereocenters. The average Bonchev–Trinajstić information content (AvgIpc) is 3.13. The number of para-hydroxylation sites is 1. The molecule has 17 heavy (non-hydrogen) atoms. The molecule has 0 heterocycles. The molecule has 92 valence electrons. The first-order valence-electron chi connectivity index (χ1n) is 5.80. The number of aryl methyl sites for hydroxylation is 1. The molecule has 0 spiro atoms. The van der Waals surface area contributed by atoms with Gasteiger partial charge in [-0.2, -0.15) is 0 Å². The summed E-state index contributed by atoms with van der Waals surface area (Å²) in [7, 11) is 0. The van der Waals surface area contributed by atoms with Crippen LogP contribution in [0.2, 0.25) is 0 Å². The number of carbonyl (C=O) groups is 1. The van der Waals surface area contributed by atoms with E-state index in [1.807, 2.05) is 0 Å². The predicted molar refractivity (Wildman–Crippen MR) is 67.5 cm³/mol. The monoisotopic (exact) mass is 253 g/mol. The summed E-state index contributed by atoms with van der Waals surface area (Å²) < 4.78 is 0. The highest BCUT2D eigenvalue weighted by molar-refractivity contribution is 6.21. The molecule has 2 rings (SSSR count). The molecule has 1 aliphatic carbocycles. The lowest BCUT2D eigenvalue weighted by Gasteiger charge is -2.11. The molecule has 0 bridgehead atoms. The molecular formula is C13H16ClNO2. The Morgan fingerprint density at radius 2 is 2.29 bits per heavy atom. The Labute approximate surface area is 106 Å². The van der Waals surface area contributed by atoms with E-state index in [-0.39, 0.29) is 17.0 Å². The number of hydrogen-bond acceptors (Lipinski definition) is 2. The Bertz CT molecular complexity index is 429. The number of alkyl halides is 1. The molecule has 1 aliphatic rings. The zero-order chi connectivity index (χ0) is 12.4. The highest BCUT2D eigenvalue weighted by Gasteiger charge is 2.29. The number of carbonyl (C=O) groups excluding carboxylic acids is 1. The molecule has 1 aromatic carbocycles. The molecule has 0 aromatic heterocycles. The van der Waals surface area contributed by atoms with E-state index in [0.717, 1.165) is 12.8 Å². The molecule has 1 amide bonds. The number of nitrogens with one attached hydrogen (secondary N) is 1. The predicted octanol–water partition coefficient (Wildman–Crippen LogP) is 2.45. The summed E-state index contributed by atoms with van der Waals surface area (Å²) in [4.78, 5) is 11.8. The van der Waals surface area contributed by atoms with E-state index >= 15 is 0 Å². The normalized spacial score (nSPS) is 16.6. The second-order valence-corrected chi connectivity index (χ2v) is 5.10. The molecule has 0 saturated heterocycles. The van der Waals surface area contributed by atoms with E-state index < -0.39 is 0 Å². The first-order valence-corrected chi connectivity index (χ1v) is 6.24. The highest BCUT2D eigenvalue weighted by Crippen LogP contribution is 2.35. The third kappa shape index (κ3) is 2.91. The van der Waals surface area contributed by atoms with Crippen LogP contribution in [0.15, 0.2) is 18.2 Å². The topological polar surface area (TPSA) is 49.3 Å². The van der Waals surface area contributed by atoms with Crippen molar-refractivity contribution in [2.45, 2.75) is 25.1 Å². The van der Waals surface area contributed by atoms with Crippen LogP contribution in [0.1, 0.15) is 28.8 Å². The summed E-state index contributed by atoms with van der Waals surface area (Å²) in [5.41, 5.74) is 1.01. The Hall–Kier alpha value is -1.22. The number of phenols is 1. The number of hydrogen-bond donors (Lipinski definition) is 2. The highest BCUT2D eigenvalue weighted by atomic mass is 35.5. The molecule has 3 nitrogen and oxygen atoms in total. The van der Waals surface area contributed by atoms with Crippen LogP contribution in [-0.2, 0) is 0 Å². The van der Waals surface area contributed by atoms with Gasteiger partial charge < -0.3 is 10.4 Å². The van der Waals surface area contributed by atoms with E-state index in [2.05, 4.69) is 5.32 Å². The number of aromatic hydroxyl groups is 1. The van der Waals surface area contributed by atoms with Gasteiger partial charge in [-0.1, -0.05) is 12.1 Å². The second kappa shape index (κ2) is 4.96. The Kier molecular flexibility index (Phi) is 3.57. The van der Waals surface area contributed by atoms with Gasteiger partial charge in [0.1, 0.15) is 5.75 Å². The van der Waals surface area contributed by atoms with Gasteiger partial charge in [0.15, 0.2) is 0 Å². The molecule has 1 aromatic rings. The maximum Gasteiger partial charge on any atom is 0.255 e. The van der Waals surface area contributed by atoms with Crippen LogP contribution in [0, 0.1) is 12.8 Å². The van der Waals surface area contributed by atoms with Crippen molar-refractivity contribution in [1.82, 2.24) is 5.32 Å². The molecular weight excluding hydrogens is 238 g/mol. The summed E-state index contributed by atoms with van der Waals surface area (Å²) in [6.07, 6.45) is 2.31. The van der Waals surface area contributed by atoms with Crippen molar-refractivity contribution in [3.63, 3.8) is 0 Å². The second-order valence-electron chi connectivity index (χ2n) is 4.53. The van der Waals surface area contributed by atoms with Crippen molar-refractivity contribution in [1.29, 1.82) is 0 Å². The first-order chi connectivity index (χ1) is 8.09. The minimum absolute atomic E-state index is 0.00546. The summed E-state index contributed by atoms with van der Waals surface area (Å²) in [5, 5.41) is 12.5. The fourth-order valence-electron chi connectivity index (χ4n) is 1.75. The quantitative estimate of drug-likeness (QED) is 0.810. The average molecular weight is 254 g/mol. The van der Waals surface area contributed by atoms with Crippen molar-refractivity contribution < 1.29 is 9.90 Å². The number of rotatable bonds is 4. The van der Waals surface area contributed by atoms with Crippen molar-refractivity contribution in [2.75, 3.05) is 6.54 Å². The maximum atomic E-state index is 11.8. The summed E-state index contributed by atoms with van der Waals surface area (Å²) in [6.45, 7) is 2.22. The molecule has 0 aliphatic heterocycles. The number of amides is 1. The van der Waals surface area contributed by atoms with E-state index in [1.54, 1.807) is 25.1 Å². The van der Waals surface area contributed by atoms with Gasteiger partial charge in [0.25, 0.3) is 5.91 Å². The Morgan fingerprint density at radius 1 is 1.59 bits per heavy atom. The van der Waals surface area contributed by atoms with Crippen LogP contribution in [0.4, 0.5) is 0 Å². The lowest BCUT2D eigenvalue weighted by Crippen LogP contribution is -2.30. The van der Waals surface area contributed by atoms with Gasteiger partial charge in [-0.3, -0.25) is 4.79 Å². The molecule has 4 heteroatoms. The smallest absolute Gasteiger partial charge is 0.255 e. The van der Waals surface area contributed by atoms with Crippen molar-refractivity contribution in [3.05, 3.63) is 29.3 Å². The van der Waals surface area contributed by atoms with Crippen LogP contribution in [0.3, 0.4) is 0 Å². The maximum absolute atomic E-state index is 11.8. The van der Waals surface area contributed by atoms with E-state index in [0.29, 0.717) is 23.6 Å². The number of phenolic OH excluding ortho intramolecular Hbond substituents is 1. The third-order valence-electron chi connectivity index (χ3n) is 3.07. The van der Waals surface area contributed by atoms with Crippen LogP contribution < -0.4 is 5.32 Å². The minimum Gasteiger partial charge on any atom is -0.507 e. The Balaban J connectivity index is 1.96. The Morgan fingerprint density at radius 3 is 2.94 bits per heavy atom. The molecule has 1 saturated carbocycles. The van der Waals surface area contributed by atoms with Gasteiger partial charge >= 0.3 is 0 Å². The van der Waals surface area contributed by atoms with Gasteiger partial charge in [0, 0.05) is 6.54 Å². The van der Waals surface area contributed by atoms with Gasteiger partial charge in [-0.05, 0) is 37.3 Å². The van der Waals surface area contributed by atoms with Gasteiger partial charge in [-0.15, -0.1) is 11.6 Å². The summed E-state index contributed by atoms with van der Waals surface area (Å²) in [5.74, 6) is 0.322. The fourth-order valence-corrected chi connectivity index (χ4v) is 2.08. The zero-order valence-corrected chi connectivity index (χ0v) is 10.5. The molecule has 0 radical (unpaired) electrons. The van der Waals surface area contributed by atoms with E-state index in [9.17, 15) is 9.90 Å². The van der Waals surface area contributed by atoms with Gasteiger partial charge in [0.05, 0.1) is 10.9 Å². The fraction of sp³-hybridized carbons (Fsp3) is 0.462. The van der Waals surface area contributed by atoms with Crippen molar-refractivity contribution >= 4 is 17.5 Å². The number of benzene rings is 1. The van der Waals surface area contributed by atoms with Crippen LogP contribution in [0.5, 0.6) is 5.75 Å². The standard InChI is InChI=1S/C13H16ClNO2/c1-8-3-2-4-10(12(8)16)13(17)15-7-11(14)9-5-6-9/h2-4,9,11,16H,5-7H2,1H3,(H,15,17). The molecule has 1 fully saturated rings. The van der Waals surface area contributed by atoms with E-state index in [1.165, 1.54) is 0 Å². The van der Waals surface area contributed by atoms with Crippen LogP contribution in [0.25, 0.3) is 0 Å². The minimum atomic E-state index is -0.266. The third-order valence-corrected chi connectivity index (χ3v) is 3.58. The zero-order valence-electron chi connectivity index (χ0n) is 9.74. The largest absolute Gasteiger partial charge is 0.507 e. The van der Waals surface area contributed by atoms with Gasteiger partial charge in [-0.25, -0.2) is 0 Å². The lowest BCUT2D eigenvalue weighted by atomic mass is 10.1. The molecule has 1 atom stereocenters. The van der Waals surface area contributed by atoms with Crippen molar-refractivity contribution in [3.8, 4) is 5.75 Å². The SMILES string of the molecule is Cc1cccc(C(=O)NCC(Cl)C2CC2)c1O. The van der Waals surface area contributed by atoms with Crippen LogP contribution >= 0.6 is 11.6 Å². The van der Waals surface area contributed by atoms with Crippen LogP contribution in [-0.4, -0.2) is 22.9 Å². The van der Waals surface area contributed by atoms with Crippen molar-refractivity contribution in [2.24, 2.45) is 5.92 Å². The molecule has 2 N–H and O–H groups in total. The van der Waals surface area contributed by atoms with Gasteiger partial charge in [0.2, 0.25) is 0 Å². The number of halogens is 1. The lowest BCUT2D eigenvalue weighted by molar-refractivity contribution is 0.0950. The summed E-state index contributed by atoms with van der Waals surface area (Å²) in [6, 6.07) is 5.13. The summed E-state index contributed by atoms with van der Waals surface area (Å²) >= 11 is 6.10.